The first-order valence-corrected chi connectivity index (χ1v) is 6.22. The van der Waals surface area contributed by atoms with Gasteiger partial charge in [0.05, 0.1) is 11.4 Å². The van der Waals surface area contributed by atoms with E-state index >= 15 is 0 Å². The number of aromatic carboxylic acids is 1. The minimum Gasteiger partial charge on any atom is -0.477 e. The lowest BCUT2D eigenvalue weighted by Gasteiger charge is -2.23. The molecule has 1 saturated heterocycles. The van der Waals surface area contributed by atoms with Crippen LogP contribution in [-0.4, -0.2) is 45.7 Å². The molecule has 8 nitrogen and oxygen atoms in total. The number of rotatable bonds is 2. The molecule has 0 radical (unpaired) electrons. The summed E-state index contributed by atoms with van der Waals surface area (Å²) in [4.78, 5) is 34.1. The van der Waals surface area contributed by atoms with Gasteiger partial charge in [-0.2, -0.15) is 0 Å². The maximum absolute atomic E-state index is 11.9. The smallest absolute Gasteiger partial charge is 0.341 e. The Kier molecular flexibility index (Phi) is 3.17. The zero-order valence-electron chi connectivity index (χ0n) is 10.5. The molecule has 1 fully saturated rings. The van der Waals surface area contributed by atoms with E-state index in [1.54, 1.807) is 0 Å². The van der Waals surface area contributed by atoms with Crippen LogP contribution in [0.4, 0.5) is 0 Å². The molecular formula is C12H13N5O3. The third kappa shape index (κ3) is 2.15. The van der Waals surface area contributed by atoms with Gasteiger partial charge in [0.15, 0.2) is 0 Å². The number of carboxylic acids is 1. The van der Waals surface area contributed by atoms with E-state index in [2.05, 4.69) is 25.6 Å². The third-order valence-corrected chi connectivity index (χ3v) is 3.23. The first kappa shape index (κ1) is 12.7. The fourth-order valence-corrected chi connectivity index (χ4v) is 2.19. The minimum absolute atomic E-state index is 0.0178. The van der Waals surface area contributed by atoms with E-state index in [1.807, 2.05) is 0 Å². The van der Waals surface area contributed by atoms with Gasteiger partial charge in [-0.05, 0) is 0 Å². The number of fused-ring (bicyclic) bond motifs is 1. The zero-order chi connectivity index (χ0) is 14.1. The average molecular weight is 275 g/mol. The molecule has 2 aromatic heterocycles. The fraction of sp³-hybridized carbons (Fsp3) is 0.333. The Morgan fingerprint density at radius 3 is 2.95 bits per heavy atom. The lowest BCUT2D eigenvalue weighted by Crippen LogP contribution is -2.43. The number of carboxylic acid groups (broad SMARTS) is 1. The Morgan fingerprint density at radius 2 is 2.25 bits per heavy atom. The van der Waals surface area contributed by atoms with Crippen molar-refractivity contribution >= 4 is 17.0 Å². The summed E-state index contributed by atoms with van der Waals surface area (Å²) < 4.78 is 0. The van der Waals surface area contributed by atoms with Crippen molar-refractivity contribution < 1.29 is 9.90 Å². The van der Waals surface area contributed by atoms with Crippen LogP contribution in [-0.2, 0) is 0 Å². The van der Waals surface area contributed by atoms with Crippen LogP contribution in [0.3, 0.4) is 0 Å². The van der Waals surface area contributed by atoms with Gasteiger partial charge in [-0.3, -0.25) is 4.79 Å². The number of nitrogens with one attached hydrogen (secondary N) is 3. The first-order valence-electron chi connectivity index (χ1n) is 6.22. The van der Waals surface area contributed by atoms with Crippen molar-refractivity contribution in [1.29, 1.82) is 0 Å². The lowest BCUT2D eigenvalue weighted by molar-refractivity contribution is 0.0695. The normalized spacial score (nSPS) is 19.1. The predicted octanol–water partition coefficient (Wildman–Crippen LogP) is -0.750. The summed E-state index contributed by atoms with van der Waals surface area (Å²) in [6.45, 7) is 2.42. The number of carbonyl (C=O) groups is 1. The number of hydrogen-bond donors (Lipinski definition) is 4. The molecule has 1 unspecified atom stereocenters. The molecule has 1 aliphatic rings. The van der Waals surface area contributed by atoms with E-state index in [-0.39, 0.29) is 17.0 Å². The second-order valence-electron chi connectivity index (χ2n) is 4.54. The number of piperazine rings is 1. The van der Waals surface area contributed by atoms with E-state index < -0.39 is 11.4 Å². The highest BCUT2D eigenvalue weighted by atomic mass is 16.4. The average Bonchev–Trinajstić information content (AvgIpc) is 2.48. The van der Waals surface area contributed by atoms with Crippen LogP contribution >= 0.6 is 0 Å². The van der Waals surface area contributed by atoms with Gasteiger partial charge in [0.25, 0.3) is 0 Å². The maximum atomic E-state index is 11.9. The quantitative estimate of drug-likeness (QED) is 0.569. The van der Waals surface area contributed by atoms with E-state index in [1.165, 1.54) is 6.20 Å². The summed E-state index contributed by atoms with van der Waals surface area (Å²) in [5.41, 5.74) is -0.545. The number of hydrogen-bond acceptors (Lipinski definition) is 6. The van der Waals surface area contributed by atoms with Gasteiger partial charge in [0.1, 0.15) is 17.0 Å². The molecule has 0 saturated carbocycles. The first-order chi connectivity index (χ1) is 9.66. The summed E-state index contributed by atoms with van der Waals surface area (Å²) >= 11 is 0. The summed E-state index contributed by atoms with van der Waals surface area (Å²) in [5, 5.41) is 15.6. The SMILES string of the molecule is O=C(O)c1c[nH]c2nc(C3CNCCN3)ncc2c1=O. The van der Waals surface area contributed by atoms with Crippen LogP contribution in [0.1, 0.15) is 22.2 Å². The van der Waals surface area contributed by atoms with Crippen LogP contribution in [0.5, 0.6) is 0 Å². The summed E-state index contributed by atoms with van der Waals surface area (Å²) in [6.07, 6.45) is 2.54. The number of aromatic amines is 1. The largest absolute Gasteiger partial charge is 0.477 e. The van der Waals surface area contributed by atoms with Crippen molar-refractivity contribution in [3.05, 3.63) is 34.0 Å². The molecule has 0 amide bonds. The van der Waals surface area contributed by atoms with Crippen molar-refractivity contribution in [2.45, 2.75) is 6.04 Å². The Labute approximate surface area is 113 Å². The van der Waals surface area contributed by atoms with Crippen LogP contribution in [0, 0.1) is 0 Å². The van der Waals surface area contributed by atoms with E-state index in [9.17, 15) is 9.59 Å². The molecule has 104 valence electrons. The van der Waals surface area contributed by atoms with Gasteiger partial charge < -0.3 is 20.7 Å². The van der Waals surface area contributed by atoms with Gasteiger partial charge in [0, 0.05) is 32.0 Å². The Morgan fingerprint density at radius 1 is 1.40 bits per heavy atom. The molecule has 1 atom stereocenters. The van der Waals surface area contributed by atoms with Crippen LogP contribution in [0.25, 0.3) is 11.0 Å². The van der Waals surface area contributed by atoms with E-state index in [4.69, 9.17) is 5.11 Å². The van der Waals surface area contributed by atoms with Crippen LogP contribution < -0.4 is 16.1 Å². The number of nitrogens with zero attached hydrogens (tertiary/aromatic N) is 2. The molecule has 3 rings (SSSR count). The number of H-pyrrole nitrogens is 1. The van der Waals surface area contributed by atoms with Crippen molar-refractivity contribution in [2.24, 2.45) is 0 Å². The molecule has 2 aromatic rings. The monoisotopic (exact) mass is 275 g/mol. The molecular weight excluding hydrogens is 262 g/mol. The van der Waals surface area contributed by atoms with E-state index in [0.29, 0.717) is 18.0 Å². The highest BCUT2D eigenvalue weighted by Gasteiger charge is 2.19. The highest BCUT2D eigenvalue weighted by molar-refractivity contribution is 5.91. The van der Waals surface area contributed by atoms with Gasteiger partial charge in [0.2, 0.25) is 5.43 Å². The summed E-state index contributed by atoms with van der Waals surface area (Å²) in [7, 11) is 0. The van der Waals surface area contributed by atoms with Crippen LogP contribution in [0.2, 0.25) is 0 Å². The van der Waals surface area contributed by atoms with E-state index in [0.717, 1.165) is 19.3 Å². The zero-order valence-corrected chi connectivity index (χ0v) is 10.5. The standard InChI is InChI=1S/C12H13N5O3/c18-9-6-3-16-11(8-5-13-1-2-14-8)17-10(6)15-4-7(9)12(19)20/h3-4,8,13-14H,1-2,5H2,(H,19,20)(H,15,16,17,18). The number of pyridine rings is 1. The number of aromatic nitrogens is 3. The lowest BCUT2D eigenvalue weighted by atomic mass is 10.2. The molecule has 3 heterocycles. The molecule has 0 spiro atoms. The second-order valence-corrected chi connectivity index (χ2v) is 4.54. The molecule has 1 aliphatic heterocycles. The Hall–Kier alpha value is -2.32. The molecule has 8 heteroatoms. The van der Waals surface area contributed by atoms with Crippen molar-refractivity contribution in [1.82, 2.24) is 25.6 Å². The van der Waals surface area contributed by atoms with Crippen molar-refractivity contribution in [3.8, 4) is 0 Å². The molecule has 0 bridgehead atoms. The Balaban J connectivity index is 2.06. The van der Waals surface area contributed by atoms with Crippen LogP contribution in [0.15, 0.2) is 17.2 Å². The van der Waals surface area contributed by atoms with Crippen molar-refractivity contribution in [3.63, 3.8) is 0 Å². The third-order valence-electron chi connectivity index (χ3n) is 3.23. The molecule has 20 heavy (non-hydrogen) atoms. The van der Waals surface area contributed by atoms with Gasteiger partial charge in [-0.15, -0.1) is 0 Å². The van der Waals surface area contributed by atoms with Crippen molar-refractivity contribution in [2.75, 3.05) is 19.6 Å². The summed E-state index contributed by atoms with van der Waals surface area (Å²) in [6, 6.07) is -0.0178. The molecule has 0 aromatic carbocycles. The molecule has 0 aliphatic carbocycles. The molecule has 4 N–H and O–H groups in total. The van der Waals surface area contributed by atoms with Gasteiger partial charge in [-0.1, -0.05) is 0 Å². The van der Waals surface area contributed by atoms with Gasteiger partial charge in [-0.25, -0.2) is 14.8 Å². The Bertz CT molecular complexity index is 721. The predicted molar refractivity (Wildman–Crippen MR) is 70.7 cm³/mol. The fourth-order valence-electron chi connectivity index (χ4n) is 2.19. The maximum Gasteiger partial charge on any atom is 0.341 e. The minimum atomic E-state index is -1.27. The highest BCUT2D eigenvalue weighted by Crippen LogP contribution is 2.11. The summed E-state index contributed by atoms with van der Waals surface area (Å²) in [5.74, 6) is -0.696. The van der Waals surface area contributed by atoms with Gasteiger partial charge >= 0.3 is 5.97 Å². The topological polar surface area (TPSA) is 120 Å². The second kappa shape index (κ2) is 4.99.